The molecule has 0 spiro atoms. The molecule has 4 nitrogen and oxygen atoms in total. The van der Waals surface area contributed by atoms with Crippen LogP contribution >= 0.6 is 24.0 Å². The van der Waals surface area contributed by atoms with Gasteiger partial charge in [-0.05, 0) is 25.0 Å². The lowest BCUT2D eigenvalue weighted by atomic mass is 10.1. The van der Waals surface area contributed by atoms with Crippen LogP contribution in [0.5, 0.6) is 0 Å². The lowest BCUT2D eigenvalue weighted by Crippen LogP contribution is -2.38. The number of hydrogen-bond acceptors (Lipinski definition) is 2. The first kappa shape index (κ1) is 21.5. The summed E-state index contributed by atoms with van der Waals surface area (Å²) in [5, 5.41) is 7.08. The molecule has 2 aromatic rings. The van der Waals surface area contributed by atoms with Crippen LogP contribution in [0.1, 0.15) is 18.9 Å². The third-order valence-corrected chi connectivity index (χ3v) is 3.41. The summed E-state index contributed by atoms with van der Waals surface area (Å²) in [4.78, 5) is 8.34. The molecule has 0 aliphatic carbocycles. The number of nitrogens with zero attached hydrogens (tertiary/aromatic N) is 2. The Morgan fingerprint density at radius 1 is 1.16 bits per heavy atom. The van der Waals surface area contributed by atoms with Crippen LogP contribution in [0.4, 0.5) is 13.2 Å². The predicted octanol–water partition coefficient (Wildman–Crippen LogP) is 3.90. The van der Waals surface area contributed by atoms with Crippen LogP contribution in [0.3, 0.4) is 0 Å². The van der Waals surface area contributed by atoms with Gasteiger partial charge < -0.3 is 10.6 Å². The number of pyridine rings is 1. The van der Waals surface area contributed by atoms with Crippen molar-refractivity contribution in [3.63, 3.8) is 0 Å². The van der Waals surface area contributed by atoms with Gasteiger partial charge in [0.05, 0.1) is 18.5 Å². The molecule has 0 amide bonds. The predicted molar refractivity (Wildman–Crippen MR) is 106 cm³/mol. The second-order valence-corrected chi connectivity index (χ2v) is 5.29. The molecule has 25 heavy (non-hydrogen) atoms. The molecule has 1 aromatic heterocycles. The Labute approximate surface area is 162 Å². The van der Waals surface area contributed by atoms with Crippen molar-refractivity contribution in [2.75, 3.05) is 19.6 Å². The van der Waals surface area contributed by atoms with Crippen LogP contribution < -0.4 is 10.6 Å². The molecular formula is C17H22F3IN4. The van der Waals surface area contributed by atoms with Gasteiger partial charge in [0.15, 0.2) is 5.96 Å². The lowest BCUT2D eigenvalue weighted by molar-refractivity contribution is -0.132. The molecule has 0 bridgehead atoms. The largest absolute Gasteiger partial charge is 0.390 e. The molecule has 8 heteroatoms. The lowest BCUT2D eigenvalue weighted by Gasteiger charge is -2.12. The SMILES string of the molecule is CCNC(=NCCC(F)(F)F)NCCc1cccc2cccnc12.I. The molecule has 0 unspecified atom stereocenters. The third-order valence-electron chi connectivity index (χ3n) is 3.41. The highest BCUT2D eigenvalue weighted by molar-refractivity contribution is 14.0. The fourth-order valence-corrected chi connectivity index (χ4v) is 2.32. The molecular weight excluding hydrogens is 444 g/mol. The van der Waals surface area contributed by atoms with Crippen LogP contribution in [-0.2, 0) is 6.42 Å². The maximum atomic E-state index is 12.2. The Hall–Kier alpha value is -1.58. The number of guanidine groups is 1. The first-order chi connectivity index (χ1) is 11.5. The monoisotopic (exact) mass is 466 g/mol. The van der Waals surface area contributed by atoms with E-state index in [-0.39, 0.29) is 30.5 Å². The summed E-state index contributed by atoms with van der Waals surface area (Å²) in [6, 6.07) is 9.87. The average Bonchev–Trinajstić information content (AvgIpc) is 2.54. The Morgan fingerprint density at radius 3 is 2.64 bits per heavy atom. The molecule has 0 aliphatic rings. The number of nitrogens with one attached hydrogen (secondary N) is 2. The van der Waals surface area contributed by atoms with Gasteiger partial charge in [-0.2, -0.15) is 13.2 Å². The molecule has 0 fully saturated rings. The molecule has 0 saturated heterocycles. The average molecular weight is 466 g/mol. The van der Waals surface area contributed by atoms with Gasteiger partial charge in [0.25, 0.3) is 0 Å². The Balaban J connectivity index is 0.00000312. The van der Waals surface area contributed by atoms with E-state index in [9.17, 15) is 13.2 Å². The van der Waals surface area contributed by atoms with Crippen molar-refractivity contribution >= 4 is 40.8 Å². The summed E-state index contributed by atoms with van der Waals surface area (Å²) in [6.07, 6.45) is -2.65. The molecule has 1 aromatic carbocycles. The standard InChI is InChI=1S/C17H21F3N4.HI/c1-2-21-16(24-12-9-17(18,19)20)23-11-8-14-6-3-5-13-7-4-10-22-15(13)14;/h3-7,10H,2,8-9,11-12H2,1H3,(H2,21,23,24);1H. The van der Waals surface area contributed by atoms with E-state index < -0.39 is 12.6 Å². The van der Waals surface area contributed by atoms with Gasteiger partial charge in [-0.15, -0.1) is 24.0 Å². The molecule has 1 heterocycles. The van der Waals surface area contributed by atoms with Crippen molar-refractivity contribution in [2.24, 2.45) is 4.99 Å². The summed E-state index contributed by atoms with van der Waals surface area (Å²) < 4.78 is 36.6. The molecule has 0 aliphatic heterocycles. The zero-order valence-corrected chi connectivity index (χ0v) is 16.3. The first-order valence-corrected chi connectivity index (χ1v) is 7.91. The second kappa shape index (κ2) is 10.4. The van der Waals surface area contributed by atoms with E-state index in [0.717, 1.165) is 16.5 Å². The maximum Gasteiger partial charge on any atom is 0.390 e. The number of alkyl halides is 3. The zero-order chi connectivity index (χ0) is 17.4. The summed E-state index contributed by atoms with van der Waals surface area (Å²) in [6.45, 7) is 2.74. The summed E-state index contributed by atoms with van der Waals surface area (Å²) in [7, 11) is 0. The van der Waals surface area contributed by atoms with Crippen molar-refractivity contribution < 1.29 is 13.2 Å². The van der Waals surface area contributed by atoms with Crippen LogP contribution in [0.25, 0.3) is 10.9 Å². The van der Waals surface area contributed by atoms with E-state index in [1.54, 1.807) is 6.20 Å². The zero-order valence-electron chi connectivity index (χ0n) is 13.9. The number of aliphatic imine (C=N–C) groups is 1. The van der Waals surface area contributed by atoms with Gasteiger partial charge in [-0.25, -0.2) is 0 Å². The minimum Gasteiger partial charge on any atom is -0.357 e. The maximum absolute atomic E-state index is 12.2. The van der Waals surface area contributed by atoms with E-state index in [0.29, 0.717) is 25.5 Å². The van der Waals surface area contributed by atoms with Crippen LogP contribution in [0.15, 0.2) is 41.5 Å². The number of para-hydroxylation sites is 1. The van der Waals surface area contributed by atoms with Crippen molar-refractivity contribution in [1.29, 1.82) is 0 Å². The van der Waals surface area contributed by atoms with Crippen molar-refractivity contribution in [1.82, 2.24) is 15.6 Å². The van der Waals surface area contributed by atoms with Gasteiger partial charge >= 0.3 is 6.18 Å². The molecule has 0 radical (unpaired) electrons. The van der Waals surface area contributed by atoms with Crippen molar-refractivity contribution in [3.05, 3.63) is 42.1 Å². The fraction of sp³-hybridized carbons (Fsp3) is 0.412. The second-order valence-electron chi connectivity index (χ2n) is 5.29. The van der Waals surface area contributed by atoms with Crippen LogP contribution in [0.2, 0.25) is 0 Å². The van der Waals surface area contributed by atoms with Gasteiger partial charge in [-0.3, -0.25) is 9.98 Å². The molecule has 2 rings (SSSR count). The Kier molecular flexibility index (Phi) is 8.95. The van der Waals surface area contributed by atoms with Crippen LogP contribution in [0, 0.1) is 0 Å². The first-order valence-electron chi connectivity index (χ1n) is 7.91. The topological polar surface area (TPSA) is 49.3 Å². The number of fused-ring (bicyclic) bond motifs is 1. The van der Waals surface area contributed by atoms with E-state index in [1.807, 2.05) is 37.3 Å². The number of benzene rings is 1. The third kappa shape index (κ3) is 7.45. The van der Waals surface area contributed by atoms with Gasteiger partial charge in [0.1, 0.15) is 0 Å². The summed E-state index contributed by atoms with van der Waals surface area (Å²) in [5.41, 5.74) is 2.03. The molecule has 2 N–H and O–H groups in total. The van der Waals surface area contributed by atoms with Gasteiger partial charge in [0.2, 0.25) is 0 Å². The normalized spacial score (nSPS) is 11.9. The smallest absolute Gasteiger partial charge is 0.357 e. The highest BCUT2D eigenvalue weighted by Gasteiger charge is 2.26. The number of rotatable bonds is 6. The number of halogens is 4. The molecule has 0 saturated carbocycles. The van der Waals surface area contributed by atoms with Gasteiger partial charge in [-0.1, -0.05) is 24.3 Å². The van der Waals surface area contributed by atoms with E-state index in [1.165, 1.54) is 0 Å². The quantitative estimate of drug-likeness (QED) is 0.386. The Bertz CT molecular complexity index is 684. The summed E-state index contributed by atoms with van der Waals surface area (Å²) in [5.74, 6) is 0.398. The van der Waals surface area contributed by atoms with Gasteiger partial charge in [0, 0.05) is 24.7 Å². The van der Waals surface area contributed by atoms with E-state index in [2.05, 4.69) is 20.6 Å². The minimum atomic E-state index is -4.19. The fourth-order valence-electron chi connectivity index (χ4n) is 2.32. The Morgan fingerprint density at radius 2 is 1.92 bits per heavy atom. The highest BCUT2D eigenvalue weighted by Crippen LogP contribution is 2.19. The van der Waals surface area contributed by atoms with E-state index >= 15 is 0 Å². The molecule has 138 valence electrons. The summed E-state index contributed by atoms with van der Waals surface area (Å²) >= 11 is 0. The van der Waals surface area contributed by atoms with Crippen molar-refractivity contribution in [2.45, 2.75) is 25.9 Å². The molecule has 0 atom stereocenters. The van der Waals surface area contributed by atoms with Crippen LogP contribution in [-0.4, -0.2) is 36.8 Å². The minimum absolute atomic E-state index is 0. The van der Waals surface area contributed by atoms with Crippen molar-refractivity contribution in [3.8, 4) is 0 Å². The number of aromatic nitrogens is 1. The highest BCUT2D eigenvalue weighted by atomic mass is 127. The number of hydrogen-bond donors (Lipinski definition) is 2. The van der Waals surface area contributed by atoms with E-state index in [4.69, 9.17) is 0 Å².